The zero-order chi connectivity index (χ0) is 28.6. The fourth-order valence-electron chi connectivity index (χ4n) is 5.71. The number of hydrogen-bond donors (Lipinski definition) is 3. The summed E-state index contributed by atoms with van der Waals surface area (Å²) in [5.74, 6) is -0.184. The highest BCUT2D eigenvalue weighted by molar-refractivity contribution is 6.37. The molecule has 40 heavy (non-hydrogen) atoms. The first-order valence-corrected chi connectivity index (χ1v) is 13.8. The third kappa shape index (κ3) is 5.44. The van der Waals surface area contributed by atoms with Crippen molar-refractivity contribution in [3.8, 4) is 6.01 Å². The maximum atomic E-state index is 13.7. The molecule has 0 saturated carbocycles. The lowest BCUT2D eigenvalue weighted by atomic mass is 10.1. The van der Waals surface area contributed by atoms with Crippen LogP contribution in [0.3, 0.4) is 0 Å². The smallest absolute Gasteiger partial charge is 0.407 e. The zero-order valence-corrected chi connectivity index (χ0v) is 23.6. The lowest BCUT2D eigenvalue weighted by Gasteiger charge is -2.44. The standard InChI is InChI=1S/C28H34ClN7O4/c1-16-13-35(28(38)39)14-17(2)36(16)25-23(30)24(32-27(33-25)40-15-19-9-6-12-34(19)3)26(37)31-21-11-5-8-18-7-4-10-20(29)22(18)21/h4-5,7-8,10-11,16-17,19H,6,9,12-15,30H2,1-3H3,(H,31,37)(H,38,39)/t16-,17-,19-/m0/s1. The van der Waals surface area contributed by atoms with E-state index in [2.05, 4.69) is 27.2 Å². The lowest BCUT2D eigenvalue weighted by Crippen LogP contribution is -2.58. The number of rotatable bonds is 6. The Bertz CT molecular complexity index is 1420. The minimum atomic E-state index is -0.979. The number of benzene rings is 2. The molecule has 0 unspecified atom stereocenters. The van der Waals surface area contributed by atoms with E-state index in [4.69, 9.17) is 22.1 Å². The van der Waals surface area contributed by atoms with Gasteiger partial charge in [-0.05, 0) is 57.8 Å². The number of aromatic nitrogens is 2. The predicted octanol–water partition coefficient (Wildman–Crippen LogP) is 4.17. The predicted molar refractivity (Wildman–Crippen MR) is 156 cm³/mol. The Balaban J connectivity index is 1.51. The molecular formula is C28H34ClN7O4. The highest BCUT2D eigenvalue weighted by Crippen LogP contribution is 2.34. The average Bonchev–Trinajstić information content (AvgIpc) is 3.32. The number of nitrogens with two attached hydrogens (primary N) is 1. The molecule has 0 spiro atoms. The van der Waals surface area contributed by atoms with Gasteiger partial charge < -0.3 is 35.6 Å². The number of likely N-dealkylation sites (N-methyl/N-ethyl adjacent to an activating group) is 1. The molecule has 5 rings (SSSR count). The summed E-state index contributed by atoms with van der Waals surface area (Å²) >= 11 is 6.48. The molecule has 212 valence electrons. The second-order valence-corrected chi connectivity index (χ2v) is 11.0. The minimum Gasteiger partial charge on any atom is -0.465 e. The van der Waals surface area contributed by atoms with E-state index < -0.39 is 12.0 Å². The first-order valence-electron chi connectivity index (χ1n) is 13.4. The van der Waals surface area contributed by atoms with Crippen LogP contribution in [0.5, 0.6) is 6.01 Å². The molecule has 2 aliphatic rings. The molecule has 2 saturated heterocycles. The summed E-state index contributed by atoms with van der Waals surface area (Å²) in [7, 11) is 2.05. The number of likely N-dealkylation sites (tertiary alicyclic amines) is 1. The molecule has 4 N–H and O–H groups in total. The van der Waals surface area contributed by atoms with Crippen LogP contribution in [0.2, 0.25) is 5.02 Å². The van der Waals surface area contributed by atoms with Gasteiger partial charge in [-0.3, -0.25) is 4.79 Å². The number of amides is 2. The van der Waals surface area contributed by atoms with Crippen molar-refractivity contribution >= 4 is 51.6 Å². The molecule has 3 aromatic rings. The van der Waals surface area contributed by atoms with Gasteiger partial charge in [0.25, 0.3) is 5.91 Å². The van der Waals surface area contributed by atoms with Gasteiger partial charge in [0.05, 0.1) is 10.7 Å². The Morgan fingerprint density at radius 1 is 1.15 bits per heavy atom. The Kier molecular flexibility index (Phi) is 7.86. The van der Waals surface area contributed by atoms with Gasteiger partial charge in [-0.15, -0.1) is 0 Å². The van der Waals surface area contributed by atoms with E-state index in [1.54, 1.807) is 12.1 Å². The van der Waals surface area contributed by atoms with Crippen LogP contribution in [0, 0.1) is 0 Å². The second kappa shape index (κ2) is 11.3. The van der Waals surface area contributed by atoms with Crippen molar-refractivity contribution in [3.63, 3.8) is 0 Å². The van der Waals surface area contributed by atoms with Crippen LogP contribution in [-0.2, 0) is 0 Å². The summed E-state index contributed by atoms with van der Waals surface area (Å²) < 4.78 is 6.06. The average molecular weight is 568 g/mol. The van der Waals surface area contributed by atoms with E-state index in [1.165, 1.54) is 4.90 Å². The number of nitrogens with one attached hydrogen (secondary N) is 1. The number of nitrogens with zero attached hydrogens (tertiary/aromatic N) is 5. The number of ether oxygens (including phenoxy) is 1. The van der Waals surface area contributed by atoms with E-state index >= 15 is 0 Å². The molecule has 2 aromatic carbocycles. The Morgan fingerprint density at radius 3 is 2.50 bits per heavy atom. The molecule has 3 atom stereocenters. The van der Waals surface area contributed by atoms with Gasteiger partial charge in [-0.25, -0.2) is 4.79 Å². The van der Waals surface area contributed by atoms with E-state index in [0.29, 0.717) is 28.5 Å². The summed E-state index contributed by atoms with van der Waals surface area (Å²) in [5.41, 5.74) is 7.19. The molecular weight excluding hydrogens is 534 g/mol. The monoisotopic (exact) mass is 567 g/mol. The number of halogens is 1. The van der Waals surface area contributed by atoms with E-state index in [-0.39, 0.29) is 48.6 Å². The van der Waals surface area contributed by atoms with Crippen LogP contribution in [0.1, 0.15) is 37.2 Å². The van der Waals surface area contributed by atoms with Gasteiger partial charge in [-0.1, -0.05) is 35.9 Å². The Labute approximate surface area is 237 Å². The molecule has 0 aliphatic carbocycles. The maximum absolute atomic E-state index is 13.7. The first kappa shape index (κ1) is 27.7. The molecule has 2 fully saturated rings. The number of fused-ring (bicyclic) bond motifs is 1. The maximum Gasteiger partial charge on any atom is 0.407 e. The number of anilines is 3. The number of carbonyl (C=O) groups excluding carboxylic acids is 1. The van der Waals surface area contributed by atoms with Gasteiger partial charge in [0.1, 0.15) is 12.3 Å². The van der Waals surface area contributed by atoms with Gasteiger partial charge in [0.15, 0.2) is 11.5 Å². The summed E-state index contributed by atoms with van der Waals surface area (Å²) in [6, 6.07) is 10.8. The number of carbonyl (C=O) groups is 2. The van der Waals surface area contributed by atoms with Gasteiger partial charge in [0, 0.05) is 36.6 Å². The third-order valence-electron chi connectivity index (χ3n) is 7.73. The Hall–Kier alpha value is -3.83. The molecule has 2 aliphatic heterocycles. The molecule has 3 heterocycles. The highest BCUT2D eigenvalue weighted by atomic mass is 35.5. The van der Waals surface area contributed by atoms with Crippen LogP contribution in [0.15, 0.2) is 36.4 Å². The lowest BCUT2D eigenvalue weighted by molar-refractivity contribution is 0.102. The van der Waals surface area contributed by atoms with Gasteiger partial charge in [-0.2, -0.15) is 9.97 Å². The van der Waals surface area contributed by atoms with Crippen molar-refractivity contribution < 1.29 is 19.4 Å². The fraction of sp³-hybridized carbons (Fsp3) is 0.429. The van der Waals surface area contributed by atoms with Crippen molar-refractivity contribution in [1.82, 2.24) is 19.8 Å². The van der Waals surface area contributed by atoms with Crippen molar-refractivity contribution in [2.24, 2.45) is 0 Å². The quantitative estimate of drug-likeness (QED) is 0.401. The molecule has 0 radical (unpaired) electrons. The summed E-state index contributed by atoms with van der Waals surface area (Å²) in [4.78, 5) is 40.0. The molecule has 12 heteroatoms. The first-order chi connectivity index (χ1) is 19.1. The largest absolute Gasteiger partial charge is 0.465 e. The second-order valence-electron chi connectivity index (χ2n) is 10.6. The van der Waals surface area contributed by atoms with Gasteiger partial charge in [0.2, 0.25) is 0 Å². The fourth-order valence-corrected chi connectivity index (χ4v) is 5.99. The number of piperazine rings is 1. The van der Waals surface area contributed by atoms with Crippen molar-refractivity contribution in [2.75, 3.05) is 49.2 Å². The van der Waals surface area contributed by atoms with Crippen LogP contribution in [0.4, 0.5) is 22.0 Å². The van der Waals surface area contributed by atoms with Crippen LogP contribution < -0.4 is 20.7 Å². The molecule has 1 aromatic heterocycles. The van der Waals surface area contributed by atoms with Crippen molar-refractivity contribution in [2.45, 2.75) is 44.8 Å². The van der Waals surface area contributed by atoms with Crippen LogP contribution >= 0.6 is 11.6 Å². The number of nitrogen functional groups attached to an aromatic ring is 1. The van der Waals surface area contributed by atoms with Crippen molar-refractivity contribution in [1.29, 1.82) is 0 Å². The molecule has 0 bridgehead atoms. The highest BCUT2D eigenvalue weighted by Gasteiger charge is 2.35. The topological polar surface area (TPSA) is 137 Å². The normalized spacial score (nSPS) is 21.6. The zero-order valence-electron chi connectivity index (χ0n) is 22.8. The number of hydrogen-bond acceptors (Lipinski definition) is 8. The minimum absolute atomic E-state index is 0.0242. The third-order valence-corrected chi connectivity index (χ3v) is 8.05. The van der Waals surface area contributed by atoms with Gasteiger partial charge >= 0.3 is 12.1 Å². The Morgan fingerprint density at radius 2 is 1.85 bits per heavy atom. The van der Waals surface area contributed by atoms with Crippen LogP contribution in [-0.4, -0.2) is 88.3 Å². The molecule has 11 nitrogen and oxygen atoms in total. The number of carboxylic acid groups (broad SMARTS) is 1. The van der Waals surface area contributed by atoms with E-state index in [9.17, 15) is 14.7 Å². The van der Waals surface area contributed by atoms with Crippen molar-refractivity contribution in [3.05, 3.63) is 47.1 Å². The summed E-state index contributed by atoms with van der Waals surface area (Å²) in [5, 5.41) is 14.6. The molecule has 2 amide bonds. The summed E-state index contributed by atoms with van der Waals surface area (Å²) in [6.07, 6.45) is 1.11. The summed E-state index contributed by atoms with van der Waals surface area (Å²) in [6.45, 7) is 5.70. The van der Waals surface area contributed by atoms with E-state index in [0.717, 1.165) is 24.8 Å². The van der Waals surface area contributed by atoms with Crippen LogP contribution in [0.25, 0.3) is 10.8 Å². The SMILES string of the molecule is C[C@H]1CN(C(=O)O)C[C@H](C)N1c1nc(OC[C@@H]2CCCN2C)nc(C(=O)Nc2cccc3cccc(Cl)c23)c1N. The van der Waals surface area contributed by atoms with E-state index in [1.807, 2.05) is 43.0 Å².